The Morgan fingerprint density at radius 1 is 1.14 bits per heavy atom. The number of hydrogen-bond acceptors (Lipinski definition) is 4. The average Bonchev–Trinajstić information content (AvgIpc) is 2.46. The fraction of sp³-hybridized carbons (Fsp3) is 0.529. The zero-order chi connectivity index (χ0) is 16.9. The van der Waals surface area contributed by atoms with Crippen LogP contribution in [-0.4, -0.2) is 36.1 Å². The summed E-state index contributed by atoms with van der Waals surface area (Å²) in [7, 11) is 1.50. The number of nitrogens with zero attached hydrogens (tertiary/aromatic N) is 2. The first-order chi connectivity index (χ1) is 10.3. The first-order valence-corrected chi connectivity index (χ1v) is 7.38. The second kappa shape index (κ2) is 7.69. The number of rotatable bonds is 6. The number of amides is 1. The Kier molecular flexibility index (Phi) is 6.24. The number of nitriles is 1. The minimum Gasteiger partial charge on any atom is -0.493 e. The van der Waals surface area contributed by atoms with Crippen molar-refractivity contribution >= 4 is 5.91 Å². The zero-order valence-electron chi connectivity index (χ0n) is 14.1. The van der Waals surface area contributed by atoms with Gasteiger partial charge in [0.05, 0.1) is 18.7 Å². The van der Waals surface area contributed by atoms with Gasteiger partial charge >= 0.3 is 0 Å². The molecule has 5 nitrogen and oxygen atoms in total. The molecule has 0 fully saturated rings. The Labute approximate surface area is 132 Å². The predicted molar refractivity (Wildman–Crippen MR) is 84.9 cm³/mol. The molecule has 0 aliphatic carbocycles. The molecule has 5 heteroatoms. The summed E-state index contributed by atoms with van der Waals surface area (Å²) in [6.07, 6.45) is -0.633. The molecule has 1 aromatic rings. The van der Waals surface area contributed by atoms with Crippen molar-refractivity contribution in [1.29, 1.82) is 5.26 Å². The van der Waals surface area contributed by atoms with E-state index in [1.54, 1.807) is 30.0 Å². The Morgan fingerprint density at radius 2 is 1.73 bits per heavy atom. The van der Waals surface area contributed by atoms with Gasteiger partial charge in [-0.2, -0.15) is 5.26 Å². The van der Waals surface area contributed by atoms with Gasteiger partial charge in [0.1, 0.15) is 0 Å². The lowest BCUT2D eigenvalue weighted by molar-refractivity contribution is -0.141. The van der Waals surface area contributed by atoms with Crippen LogP contribution in [0.4, 0.5) is 0 Å². The molecule has 0 aliphatic rings. The molecular formula is C17H24N2O3. The van der Waals surface area contributed by atoms with Crippen molar-refractivity contribution < 1.29 is 14.3 Å². The lowest BCUT2D eigenvalue weighted by Crippen LogP contribution is -2.48. The van der Waals surface area contributed by atoms with Crippen LogP contribution in [0.2, 0.25) is 0 Å². The molecule has 120 valence electrons. The van der Waals surface area contributed by atoms with Crippen molar-refractivity contribution in [2.45, 2.75) is 52.8 Å². The van der Waals surface area contributed by atoms with Gasteiger partial charge in [0.2, 0.25) is 0 Å². The molecule has 0 spiro atoms. The molecule has 1 atom stereocenters. The van der Waals surface area contributed by atoms with Gasteiger partial charge in [0.15, 0.2) is 17.6 Å². The average molecular weight is 304 g/mol. The number of carbonyl (C=O) groups excluding carboxylic acids is 1. The second-order valence-corrected chi connectivity index (χ2v) is 5.67. The van der Waals surface area contributed by atoms with E-state index in [4.69, 9.17) is 14.7 Å². The quantitative estimate of drug-likeness (QED) is 0.810. The van der Waals surface area contributed by atoms with Crippen LogP contribution in [0.3, 0.4) is 0 Å². The number of benzene rings is 1. The molecule has 0 aromatic heterocycles. The lowest BCUT2D eigenvalue weighted by atomic mass is 10.2. The van der Waals surface area contributed by atoms with Crippen molar-refractivity contribution in [2.24, 2.45) is 0 Å². The van der Waals surface area contributed by atoms with Crippen LogP contribution in [0.25, 0.3) is 0 Å². The largest absolute Gasteiger partial charge is 0.493 e. The number of methoxy groups -OCH3 is 1. The lowest BCUT2D eigenvalue weighted by Gasteiger charge is -2.33. The van der Waals surface area contributed by atoms with Crippen molar-refractivity contribution in [3.63, 3.8) is 0 Å². The summed E-state index contributed by atoms with van der Waals surface area (Å²) in [5, 5.41) is 8.91. The van der Waals surface area contributed by atoms with Crippen molar-refractivity contribution in [1.82, 2.24) is 4.90 Å². The Bertz CT molecular complexity index is 554. The fourth-order valence-electron chi connectivity index (χ4n) is 2.39. The molecule has 0 aliphatic heterocycles. The maximum atomic E-state index is 12.6. The van der Waals surface area contributed by atoms with Crippen molar-refractivity contribution in [3.05, 3.63) is 23.8 Å². The molecule has 0 N–H and O–H groups in total. The molecule has 1 amide bonds. The van der Waals surface area contributed by atoms with E-state index >= 15 is 0 Å². The summed E-state index contributed by atoms with van der Waals surface area (Å²) in [6.45, 7) is 9.64. The maximum absolute atomic E-state index is 12.6. The summed E-state index contributed by atoms with van der Waals surface area (Å²) in [4.78, 5) is 14.4. The van der Waals surface area contributed by atoms with Crippen LogP contribution in [-0.2, 0) is 4.79 Å². The zero-order valence-corrected chi connectivity index (χ0v) is 14.1. The highest BCUT2D eigenvalue weighted by Crippen LogP contribution is 2.29. The highest BCUT2D eigenvalue weighted by molar-refractivity contribution is 5.81. The topological polar surface area (TPSA) is 62.6 Å². The van der Waals surface area contributed by atoms with Gasteiger partial charge in [-0.3, -0.25) is 4.79 Å². The van der Waals surface area contributed by atoms with Crippen LogP contribution in [0.1, 0.15) is 40.2 Å². The van der Waals surface area contributed by atoms with E-state index in [0.29, 0.717) is 17.1 Å². The molecule has 1 rings (SSSR count). The summed E-state index contributed by atoms with van der Waals surface area (Å²) < 4.78 is 11.0. The summed E-state index contributed by atoms with van der Waals surface area (Å²) in [5.41, 5.74) is 0.481. The first kappa shape index (κ1) is 17.8. The smallest absolute Gasteiger partial charge is 0.263 e. The normalized spacial score (nSPS) is 12.0. The number of ether oxygens (including phenoxy) is 2. The van der Waals surface area contributed by atoms with E-state index in [0.717, 1.165) is 0 Å². The van der Waals surface area contributed by atoms with E-state index in [1.165, 1.54) is 7.11 Å². The molecular weight excluding hydrogens is 280 g/mol. The van der Waals surface area contributed by atoms with E-state index in [-0.39, 0.29) is 18.0 Å². The molecule has 0 radical (unpaired) electrons. The van der Waals surface area contributed by atoms with Gasteiger partial charge in [0.25, 0.3) is 5.91 Å². The van der Waals surface area contributed by atoms with Crippen molar-refractivity contribution in [2.75, 3.05) is 7.11 Å². The third-order valence-electron chi connectivity index (χ3n) is 3.31. The molecule has 0 saturated heterocycles. The molecule has 0 bridgehead atoms. The third kappa shape index (κ3) is 4.14. The number of hydrogen-bond donors (Lipinski definition) is 0. The highest BCUT2D eigenvalue weighted by atomic mass is 16.5. The maximum Gasteiger partial charge on any atom is 0.263 e. The minimum absolute atomic E-state index is 0.0728. The molecule has 0 saturated carbocycles. The Balaban J connectivity index is 2.95. The van der Waals surface area contributed by atoms with Gasteiger partial charge in [-0.05, 0) is 46.8 Å². The van der Waals surface area contributed by atoms with Crippen LogP contribution >= 0.6 is 0 Å². The molecule has 0 heterocycles. The first-order valence-electron chi connectivity index (χ1n) is 7.38. The molecule has 0 unspecified atom stereocenters. The van der Waals surface area contributed by atoms with Gasteiger partial charge < -0.3 is 14.4 Å². The van der Waals surface area contributed by atoms with E-state index in [1.807, 2.05) is 33.8 Å². The van der Waals surface area contributed by atoms with Crippen LogP contribution in [0.15, 0.2) is 18.2 Å². The summed E-state index contributed by atoms with van der Waals surface area (Å²) in [5.74, 6) is 0.825. The highest BCUT2D eigenvalue weighted by Gasteiger charge is 2.27. The van der Waals surface area contributed by atoms with Gasteiger partial charge in [-0.15, -0.1) is 0 Å². The van der Waals surface area contributed by atoms with Crippen molar-refractivity contribution in [3.8, 4) is 17.6 Å². The second-order valence-electron chi connectivity index (χ2n) is 5.67. The standard InChI is InChI=1S/C17H24N2O3/c1-11(2)19(12(3)4)17(20)13(5)22-15-8-7-14(10-18)9-16(15)21-6/h7-9,11-13H,1-6H3/t13-/m1/s1. The van der Waals surface area contributed by atoms with Gasteiger partial charge in [0, 0.05) is 18.2 Å². The van der Waals surface area contributed by atoms with Gasteiger partial charge in [-0.1, -0.05) is 0 Å². The Hall–Kier alpha value is -2.22. The van der Waals surface area contributed by atoms with E-state index in [9.17, 15) is 4.79 Å². The third-order valence-corrected chi connectivity index (χ3v) is 3.31. The summed E-state index contributed by atoms with van der Waals surface area (Å²) in [6, 6.07) is 7.12. The monoisotopic (exact) mass is 304 g/mol. The summed E-state index contributed by atoms with van der Waals surface area (Å²) >= 11 is 0. The van der Waals surface area contributed by atoms with Gasteiger partial charge in [-0.25, -0.2) is 0 Å². The SMILES string of the molecule is COc1cc(C#N)ccc1O[C@H](C)C(=O)N(C(C)C)C(C)C. The van der Waals surface area contributed by atoms with Crippen LogP contribution in [0, 0.1) is 11.3 Å². The minimum atomic E-state index is -0.633. The number of carbonyl (C=O) groups is 1. The van der Waals surface area contributed by atoms with E-state index < -0.39 is 6.10 Å². The molecule has 22 heavy (non-hydrogen) atoms. The predicted octanol–water partition coefficient (Wildman–Crippen LogP) is 2.98. The van der Waals surface area contributed by atoms with Crippen LogP contribution in [0.5, 0.6) is 11.5 Å². The van der Waals surface area contributed by atoms with Crippen LogP contribution < -0.4 is 9.47 Å². The molecule has 1 aromatic carbocycles. The fourth-order valence-corrected chi connectivity index (χ4v) is 2.39. The van der Waals surface area contributed by atoms with E-state index in [2.05, 4.69) is 0 Å². The Morgan fingerprint density at radius 3 is 2.18 bits per heavy atom.